The zero-order valence-corrected chi connectivity index (χ0v) is 8.02. The molecule has 0 aliphatic carbocycles. The maximum Gasteiger partial charge on any atom is 0.185 e. The van der Waals surface area contributed by atoms with E-state index in [-0.39, 0.29) is 0 Å². The lowest BCUT2D eigenvalue weighted by atomic mass is 10.2. The van der Waals surface area contributed by atoms with Gasteiger partial charge in [-0.15, -0.1) is 0 Å². The maximum absolute atomic E-state index is 10.4. The standard InChI is InChI=1S/C10H10N2O2/c1-7-5-11-12(2)10(7)9-4-3-8(6-13)14-9/h3-6H,1-2H3. The molecule has 4 heteroatoms. The van der Waals surface area contributed by atoms with Gasteiger partial charge in [-0.2, -0.15) is 5.10 Å². The van der Waals surface area contributed by atoms with Gasteiger partial charge in [-0.1, -0.05) is 0 Å². The van der Waals surface area contributed by atoms with Crippen LogP contribution >= 0.6 is 0 Å². The number of furan rings is 1. The molecule has 2 heterocycles. The Labute approximate surface area is 81.1 Å². The Morgan fingerprint density at radius 1 is 1.50 bits per heavy atom. The summed E-state index contributed by atoms with van der Waals surface area (Å²) < 4.78 is 7.03. The van der Waals surface area contributed by atoms with Gasteiger partial charge in [0.1, 0.15) is 5.69 Å². The first-order chi connectivity index (χ1) is 6.72. The van der Waals surface area contributed by atoms with Gasteiger partial charge in [0.05, 0.1) is 6.20 Å². The Kier molecular flexibility index (Phi) is 1.96. The smallest absolute Gasteiger partial charge is 0.185 e. The summed E-state index contributed by atoms with van der Waals surface area (Å²) in [6, 6.07) is 3.42. The lowest BCUT2D eigenvalue weighted by molar-refractivity contribution is 0.110. The van der Waals surface area contributed by atoms with Gasteiger partial charge in [0.2, 0.25) is 0 Å². The van der Waals surface area contributed by atoms with Crippen LogP contribution in [0.4, 0.5) is 0 Å². The lowest BCUT2D eigenvalue weighted by Crippen LogP contribution is -1.92. The van der Waals surface area contributed by atoms with Gasteiger partial charge in [-0.3, -0.25) is 9.48 Å². The average Bonchev–Trinajstić information content (AvgIpc) is 2.73. The van der Waals surface area contributed by atoms with E-state index in [4.69, 9.17) is 4.42 Å². The topological polar surface area (TPSA) is 48.0 Å². The second-order valence-corrected chi connectivity index (χ2v) is 3.12. The minimum Gasteiger partial charge on any atom is -0.452 e. The fourth-order valence-corrected chi connectivity index (χ4v) is 1.44. The molecule has 0 atom stereocenters. The van der Waals surface area contributed by atoms with Crippen LogP contribution in [0.15, 0.2) is 22.7 Å². The van der Waals surface area contributed by atoms with Gasteiger partial charge in [0.25, 0.3) is 0 Å². The summed E-state index contributed by atoms with van der Waals surface area (Å²) in [7, 11) is 1.84. The quantitative estimate of drug-likeness (QED) is 0.678. The van der Waals surface area contributed by atoms with Crippen molar-refractivity contribution in [3.05, 3.63) is 29.7 Å². The summed E-state index contributed by atoms with van der Waals surface area (Å²) in [5.74, 6) is 1.00. The van der Waals surface area contributed by atoms with Crippen LogP contribution in [-0.4, -0.2) is 16.1 Å². The van der Waals surface area contributed by atoms with Gasteiger partial charge in [-0.05, 0) is 24.6 Å². The van der Waals surface area contributed by atoms with Crippen molar-refractivity contribution in [1.29, 1.82) is 0 Å². The number of aromatic nitrogens is 2. The van der Waals surface area contributed by atoms with Gasteiger partial charge in [-0.25, -0.2) is 0 Å². The highest BCUT2D eigenvalue weighted by Gasteiger charge is 2.11. The summed E-state index contributed by atoms with van der Waals surface area (Å²) >= 11 is 0. The molecule has 2 aromatic rings. The number of rotatable bonds is 2. The molecule has 0 saturated carbocycles. The molecule has 0 unspecified atom stereocenters. The summed E-state index contributed by atoms with van der Waals surface area (Å²) in [5, 5.41) is 4.10. The van der Waals surface area contributed by atoms with Crippen LogP contribution < -0.4 is 0 Å². The van der Waals surface area contributed by atoms with Crippen LogP contribution in [0.5, 0.6) is 0 Å². The highest BCUT2D eigenvalue weighted by Crippen LogP contribution is 2.23. The number of carbonyl (C=O) groups is 1. The summed E-state index contributed by atoms with van der Waals surface area (Å²) in [5.41, 5.74) is 1.93. The van der Waals surface area contributed by atoms with Crippen LogP contribution in [0.25, 0.3) is 11.5 Å². The summed E-state index contributed by atoms with van der Waals surface area (Å²) in [4.78, 5) is 10.4. The number of hydrogen-bond acceptors (Lipinski definition) is 3. The van der Waals surface area contributed by atoms with Crippen LogP contribution in [-0.2, 0) is 7.05 Å². The summed E-state index contributed by atoms with van der Waals surface area (Å²) in [6.07, 6.45) is 2.45. The van der Waals surface area contributed by atoms with Crippen molar-refractivity contribution in [3.8, 4) is 11.5 Å². The highest BCUT2D eigenvalue weighted by atomic mass is 16.3. The maximum atomic E-state index is 10.4. The number of aldehydes is 1. The molecule has 0 radical (unpaired) electrons. The minimum atomic E-state index is 0.334. The molecule has 4 nitrogen and oxygen atoms in total. The monoisotopic (exact) mass is 190 g/mol. The zero-order valence-electron chi connectivity index (χ0n) is 8.02. The molecule has 0 fully saturated rings. The van der Waals surface area contributed by atoms with Gasteiger partial charge < -0.3 is 4.42 Å². The Balaban J connectivity index is 2.53. The molecular weight excluding hydrogens is 180 g/mol. The first-order valence-electron chi connectivity index (χ1n) is 4.26. The van der Waals surface area contributed by atoms with Crippen molar-refractivity contribution in [3.63, 3.8) is 0 Å². The molecule has 0 aromatic carbocycles. The van der Waals surface area contributed by atoms with E-state index in [2.05, 4.69) is 5.10 Å². The second kappa shape index (κ2) is 3.14. The average molecular weight is 190 g/mol. The van der Waals surface area contributed by atoms with Crippen molar-refractivity contribution in [2.45, 2.75) is 6.92 Å². The van der Waals surface area contributed by atoms with Crippen molar-refractivity contribution < 1.29 is 9.21 Å². The second-order valence-electron chi connectivity index (χ2n) is 3.12. The predicted molar refractivity (Wildman–Crippen MR) is 51.0 cm³/mol. The van der Waals surface area contributed by atoms with Crippen molar-refractivity contribution in [2.24, 2.45) is 7.05 Å². The molecular formula is C10H10N2O2. The SMILES string of the molecule is Cc1cnn(C)c1-c1ccc(C=O)o1. The third kappa shape index (κ3) is 1.25. The highest BCUT2D eigenvalue weighted by molar-refractivity contribution is 5.72. The molecule has 0 amide bonds. The first kappa shape index (κ1) is 8.74. The fourth-order valence-electron chi connectivity index (χ4n) is 1.44. The molecule has 0 aliphatic rings. The Bertz CT molecular complexity index is 449. The van der Waals surface area contributed by atoms with E-state index in [0.29, 0.717) is 17.8 Å². The Morgan fingerprint density at radius 2 is 2.29 bits per heavy atom. The number of nitrogens with zero attached hydrogens (tertiary/aromatic N) is 2. The normalized spacial score (nSPS) is 10.4. The zero-order chi connectivity index (χ0) is 10.1. The molecule has 0 bridgehead atoms. The number of aryl methyl sites for hydroxylation is 2. The lowest BCUT2D eigenvalue weighted by Gasteiger charge is -1.98. The van der Waals surface area contributed by atoms with Crippen LogP contribution in [0, 0.1) is 6.92 Å². The van der Waals surface area contributed by atoms with Gasteiger partial charge in [0, 0.05) is 7.05 Å². The molecule has 14 heavy (non-hydrogen) atoms. The Morgan fingerprint density at radius 3 is 2.79 bits per heavy atom. The molecule has 0 saturated heterocycles. The number of hydrogen-bond donors (Lipinski definition) is 0. The van der Waals surface area contributed by atoms with E-state index >= 15 is 0 Å². The van der Waals surface area contributed by atoms with E-state index in [9.17, 15) is 4.79 Å². The van der Waals surface area contributed by atoms with Crippen molar-refractivity contribution in [2.75, 3.05) is 0 Å². The predicted octanol–water partition coefficient (Wildman–Crippen LogP) is 1.80. The van der Waals surface area contributed by atoms with Gasteiger partial charge >= 0.3 is 0 Å². The van der Waals surface area contributed by atoms with Crippen molar-refractivity contribution >= 4 is 6.29 Å². The fraction of sp³-hybridized carbons (Fsp3) is 0.200. The molecule has 2 rings (SSSR count). The molecule has 2 aromatic heterocycles. The molecule has 0 spiro atoms. The van der Waals surface area contributed by atoms with Crippen LogP contribution in [0.1, 0.15) is 16.1 Å². The van der Waals surface area contributed by atoms with E-state index in [1.165, 1.54) is 0 Å². The van der Waals surface area contributed by atoms with E-state index in [1.807, 2.05) is 14.0 Å². The van der Waals surface area contributed by atoms with Crippen LogP contribution in [0.3, 0.4) is 0 Å². The minimum absolute atomic E-state index is 0.334. The van der Waals surface area contributed by atoms with Crippen LogP contribution in [0.2, 0.25) is 0 Å². The van der Waals surface area contributed by atoms with E-state index in [1.54, 1.807) is 23.0 Å². The van der Waals surface area contributed by atoms with Crippen molar-refractivity contribution in [1.82, 2.24) is 9.78 Å². The van der Waals surface area contributed by atoms with E-state index < -0.39 is 0 Å². The van der Waals surface area contributed by atoms with E-state index in [0.717, 1.165) is 11.3 Å². The summed E-state index contributed by atoms with van der Waals surface area (Å²) in [6.45, 7) is 1.95. The molecule has 0 aliphatic heterocycles. The number of carbonyl (C=O) groups excluding carboxylic acids is 1. The largest absolute Gasteiger partial charge is 0.452 e. The Hall–Kier alpha value is -1.84. The third-order valence-corrected chi connectivity index (χ3v) is 2.10. The van der Waals surface area contributed by atoms with Gasteiger partial charge in [0.15, 0.2) is 17.8 Å². The third-order valence-electron chi connectivity index (χ3n) is 2.10. The first-order valence-corrected chi connectivity index (χ1v) is 4.26. The molecule has 72 valence electrons. The molecule has 0 N–H and O–H groups in total.